The number of morpholine rings is 1. The minimum Gasteiger partial charge on any atom is -0.379 e. The summed E-state index contributed by atoms with van der Waals surface area (Å²) in [6, 6.07) is 8.19. The van der Waals surface area contributed by atoms with Gasteiger partial charge in [-0.05, 0) is 11.1 Å². The molecule has 0 spiro atoms. The van der Waals surface area contributed by atoms with Crippen LogP contribution in [0.4, 0.5) is 13.2 Å². The Morgan fingerprint density at radius 1 is 1.12 bits per heavy atom. The van der Waals surface area contributed by atoms with Crippen molar-refractivity contribution in [2.24, 2.45) is 4.99 Å². The molecular weight excluding hydrogens is 460 g/mol. The normalized spacial score (nSPS) is 16.1. The number of guanidine groups is 1. The third-order valence-electron chi connectivity index (χ3n) is 3.92. The number of benzene rings is 1. The molecule has 0 bridgehead atoms. The number of nitrogens with zero attached hydrogens (tertiary/aromatic N) is 2. The molecule has 26 heavy (non-hydrogen) atoms. The van der Waals surface area contributed by atoms with Crippen LogP contribution in [0.1, 0.15) is 17.5 Å². The van der Waals surface area contributed by atoms with Crippen LogP contribution in [-0.2, 0) is 17.8 Å². The van der Waals surface area contributed by atoms with Gasteiger partial charge in [0.1, 0.15) is 0 Å². The lowest BCUT2D eigenvalue weighted by molar-refractivity contribution is -0.132. The van der Waals surface area contributed by atoms with E-state index in [1.807, 2.05) is 12.1 Å². The van der Waals surface area contributed by atoms with Crippen LogP contribution in [0.3, 0.4) is 0 Å². The number of aliphatic imine (C=N–C) groups is 1. The monoisotopic (exact) mass is 486 g/mol. The molecule has 1 saturated heterocycles. The first kappa shape index (κ1) is 23.0. The van der Waals surface area contributed by atoms with E-state index in [9.17, 15) is 13.2 Å². The minimum atomic E-state index is -4.16. The van der Waals surface area contributed by atoms with Gasteiger partial charge in [-0.2, -0.15) is 13.2 Å². The van der Waals surface area contributed by atoms with Crippen molar-refractivity contribution in [3.63, 3.8) is 0 Å². The number of hydrogen-bond acceptors (Lipinski definition) is 3. The Morgan fingerprint density at radius 3 is 2.31 bits per heavy atom. The van der Waals surface area contributed by atoms with Crippen molar-refractivity contribution in [1.29, 1.82) is 0 Å². The largest absolute Gasteiger partial charge is 0.390 e. The predicted octanol–water partition coefficient (Wildman–Crippen LogP) is 2.75. The zero-order chi connectivity index (χ0) is 18.1. The highest BCUT2D eigenvalue weighted by Crippen LogP contribution is 2.18. The summed E-state index contributed by atoms with van der Waals surface area (Å²) in [5.74, 6) is 0.363. The Kier molecular flexibility index (Phi) is 10.3. The quantitative estimate of drug-likeness (QED) is 0.369. The van der Waals surface area contributed by atoms with Gasteiger partial charge in [0.15, 0.2) is 5.96 Å². The number of ether oxygens (including phenoxy) is 1. The Hall–Kier alpha value is -1.07. The zero-order valence-electron chi connectivity index (χ0n) is 14.8. The summed E-state index contributed by atoms with van der Waals surface area (Å²) < 4.78 is 41.8. The second kappa shape index (κ2) is 11.6. The Bertz CT molecular complexity index is 546. The molecule has 5 nitrogen and oxygen atoms in total. The predicted molar refractivity (Wildman–Crippen MR) is 107 cm³/mol. The number of hydrogen-bond donors (Lipinski definition) is 2. The Labute approximate surface area is 169 Å². The van der Waals surface area contributed by atoms with Crippen LogP contribution in [0, 0.1) is 0 Å². The van der Waals surface area contributed by atoms with Crippen LogP contribution in [0.2, 0.25) is 0 Å². The van der Waals surface area contributed by atoms with Gasteiger partial charge in [0.2, 0.25) is 0 Å². The Morgan fingerprint density at radius 2 is 1.73 bits per heavy atom. The van der Waals surface area contributed by atoms with E-state index in [0.29, 0.717) is 12.5 Å². The standard InChI is InChI=1S/C17H25F3N4O.HI/c1-21-16(22-7-6-17(18,19)20)23-12-14-2-4-15(5-3-14)13-24-8-10-25-11-9-24;/h2-5H,6-13H2,1H3,(H2,21,22,23);1H. The number of nitrogens with one attached hydrogen (secondary N) is 2. The Balaban J connectivity index is 0.00000338. The van der Waals surface area contributed by atoms with Crippen LogP contribution in [-0.4, -0.2) is 56.9 Å². The molecule has 0 atom stereocenters. The molecule has 1 aliphatic heterocycles. The average molecular weight is 486 g/mol. The van der Waals surface area contributed by atoms with E-state index in [0.717, 1.165) is 38.4 Å². The van der Waals surface area contributed by atoms with Crippen molar-refractivity contribution in [2.45, 2.75) is 25.7 Å². The van der Waals surface area contributed by atoms with Gasteiger partial charge < -0.3 is 15.4 Å². The van der Waals surface area contributed by atoms with Crippen molar-refractivity contribution >= 4 is 29.9 Å². The number of halogens is 4. The van der Waals surface area contributed by atoms with Crippen LogP contribution in [0.5, 0.6) is 0 Å². The molecule has 1 aromatic carbocycles. The molecule has 0 unspecified atom stereocenters. The lowest BCUT2D eigenvalue weighted by atomic mass is 10.1. The van der Waals surface area contributed by atoms with Gasteiger partial charge in [0.05, 0.1) is 19.6 Å². The highest BCUT2D eigenvalue weighted by atomic mass is 127. The summed E-state index contributed by atoms with van der Waals surface area (Å²) in [5.41, 5.74) is 2.28. The fourth-order valence-electron chi connectivity index (χ4n) is 2.51. The molecule has 2 N–H and O–H groups in total. The molecule has 1 heterocycles. The molecular formula is C17H26F3IN4O. The van der Waals surface area contributed by atoms with E-state index < -0.39 is 12.6 Å². The summed E-state index contributed by atoms with van der Waals surface area (Å²) in [7, 11) is 1.54. The summed E-state index contributed by atoms with van der Waals surface area (Å²) >= 11 is 0. The summed E-state index contributed by atoms with van der Waals surface area (Å²) in [6.07, 6.45) is -5.05. The average Bonchev–Trinajstić information content (AvgIpc) is 2.59. The molecule has 0 saturated carbocycles. The van der Waals surface area contributed by atoms with Gasteiger partial charge in [-0.1, -0.05) is 24.3 Å². The van der Waals surface area contributed by atoms with E-state index in [1.165, 1.54) is 12.6 Å². The molecule has 2 rings (SSSR count). The maximum atomic E-state index is 12.2. The summed E-state index contributed by atoms with van der Waals surface area (Å²) in [6.45, 7) is 4.67. The first-order chi connectivity index (χ1) is 12.0. The number of alkyl halides is 3. The molecule has 148 valence electrons. The summed E-state index contributed by atoms with van der Waals surface area (Å²) in [5, 5.41) is 5.68. The molecule has 0 aromatic heterocycles. The first-order valence-corrected chi connectivity index (χ1v) is 8.35. The molecule has 9 heteroatoms. The van der Waals surface area contributed by atoms with Crippen molar-refractivity contribution in [3.05, 3.63) is 35.4 Å². The molecule has 1 fully saturated rings. The van der Waals surface area contributed by atoms with E-state index in [2.05, 4.69) is 32.7 Å². The minimum absolute atomic E-state index is 0. The van der Waals surface area contributed by atoms with Crippen LogP contribution < -0.4 is 10.6 Å². The molecule has 0 radical (unpaired) electrons. The second-order valence-corrected chi connectivity index (χ2v) is 5.92. The van der Waals surface area contributed by atoms with Gasteiger partial charge in [-0.3, -0.25) is 9.89 Å². The maximum Gasteiger partial charge on any atom is 0.390 e. The first-order valence-electron chi connectivity index (χ1n) is 8.35. The number of rotatable bonds is 6. The summed E-state index contributed by atoms with van der Waals surface area (Å²) in [4.78, 5) is 6.28. The van der Waals surface area contributed by atoms with Crippen molar-refractivity contribution in [2.75, 3.05) is 39.9 Å². The van der Waals surface area contributed by atoms with Gasteiger partial charge >= 0.3 is 6.18 Å². The third-order valence-corrected chi connectivity index (χ3v) is 3.92. The van der Waals surface area contributed by atoms with Gasteiger partial charge in [-0.15, -0.1) is 24.0 Å². The molecule has 1 aromatic rings. The highest BCUT2D eigenvalue weighted by Gasteiger charge is 2.26. The van der Waals surface area contributed by atoms with Crippen LogP contribution in [0.15, 0.2) is 29.3 Å². The second-order valence-electron chi connectivity index (χ2n) is 5.92. The molecule has 1 aliphatic rings. The molecule has 0 aliphatic carbocycles. The zero-order valence-corrected chi connectivity index (χ0v) is 17.1. The van der Waals surface area contributed by atoms with E-state index >= 15 is 0 Å². The van der Waals surface area contributed by atoms with Crippen molar-refractivity contribution in [1.82, 2.24) is 15.5 Å². The van der Waals surface area contributed by atoms with Gasteiger partial charge in [-0.25, -0.2) is 0 Å². The maximum absolute atomic E-state index is 12.2. The van der Waals surface area contributed by atoms with Crippen LogP contribution >= 0.6 is 24.0 Å². The topological polar surface area (TPSA) is 48.9 Å². The fourth-order valence-corrected chi connectivity index (χ4v) is 2.51. The van der Waals surface area contributed by atoms with Crippen molar-refractivity contribution < 1.29 is 17.9 Å². The SMILES string of the molecule is CN=C(NCCC(F)(F)F)NCc1ccc(CN2CCOCC2)cc1.I. The van der Waals surface area contributed by atoms with Gasteiger partial charge in [0, 0.05) is 39.8 Å². The van der Waals surface area contributed by atoms with Gasteiger partial charge in [0.25, 0.3) is 0 Å². The lowest BCUT2D eigenvalue weighted by Gasteiger charge is -2.26. The van der Waals surface area contributed by atoms with E-state index in [-0.39, 0.29) is 30.5 Å². The highest BCUT2D eigenvalue weighted by molar-refractivity contribution is 14.0. The molecule has 0 amide bonds. The smallest absolute Gasteiger partial charge is 0.379 e. The van der Waals surface area contributed by atoms with Crippen molar-refractivity contribution in [3.8, 4) is 0 Å². The lowest BCUT2D eigenvalue weighted by Crippen LogP contribution is -2.38. The fraction of sp³-hybridized carbons (Fsp3) is 0.588. The third kappa shape index (κ3) is 9.04. The van der Waals surface area contributed by atoms with Crippen LogP contribution in [0.25, 0.3) is 0 Å². The van der Waals surface area contributed by atoms with E-state index in [1.54, 1.807) is 0 Å². The van der Waals surface area contributed by atoms with E-state index in [4.69, 9.17) is 4.74 Å².